The number of hydrogen-bond donors (Lipinski definition) is 0. The first-order chi connectivity index (χ1) is 13.2. The molecule has 2 heterocycles. The molecule has 0 N–H and O–H groups in total. The van der Waals surface area contributed by atoms with Crippen LogP contribution >= 0.6 is 11.8 Å². The van der Waals surface area contributed by atoms with Gasteiger partial charge in [0.2, 0.25) is 5.91 Å². The van der Waals surface area contributed by atoms with Crippen LogP contribution in [0.15, 0.2) is 40.9 Å². The molecule has 1 amide bonds. The van der Waals surface area contributed by atoms with Gasteiger partial charge in [0.1, 0.15) is 11.1 Å². The van der Waals surface area contributed by atoms with Crippen LogP contribution in [0.5, 0.6) is 0 Å². The van der Waals surface area contributed by atoms with E-state index in [1.807, 2.05) is 48.2 Å². The van der Waals surface area contributed by atoms with E-state index >= 15 is 0 Å². The maximum Gasteiger partial charge on any atom is 0.305 e. The Morgan fingerprint density at radius 1 is 1.30 bits per heavy atom. The quantitative estimate of drug-likeness (QED) is 0.477. The summed E-state index contributed by atoms with van der Waals surface area (Å²) >= 11 is 1.58. The lowest BCUT2D eigenvalue weighted by Gasteiger charge is -2.21. The van der Waals surface area contributed by atoms with Gasteiger partial charge in [-0.2, -0.15) is 0 Å². The normalized spacial score (nSPS) is 16.7. The molecule has 0 bridgehead atoms. The van der Waals surface area contributed by atoms with Crippen molar-refractivity contribution in [3.63, 3.8) is 0 Å². The standard InChI is InChI=1S/C20H24N2O4S/c1-2-25-19(24)11-7-4-8-12-22-18(23)14-27-20(22)16-13-17(26-21-16)15-9-5-3-6-10-15/h3,5-6,9-10,13,20H,2,4,7-8,11-12,14H2,1H3. The first-order valence-electron chi connectivity index (χ1n) is 9.27. The molecule has 0 spiro atoms. The third-order valence-electron chi connectivity index (χ3n) is 4.39. The SMILES string of the molecule is CCOC(=O)CCCCCN1C(=O)CSC1c1cc(-c2ccccc2)on1. The van der Waals surface area contributed by atoms with Crippen molar-refractivity contribution < 1.29 is 18.8 Å². The summed E-state index contributed by atoms with van der Waals surface area (Å²) in [5, 5.41) is 4.09. The summed E-state index contributed by atoms with van der Waals surface area (Å²) in [7, 11) is 0. The predicted molar refractivity (Wildman–Crippen MR) is 104 cm³/mol. The highest BCUT2D eigenvalue weighted by atomic mass is 32.2. The lowest BCUT2D eigenvalue weighted by Crippen LogP contribution is -2.29. The Kier molecular flexibility index (Phi) is 6.92. The second-order valence-corrected chi connectivity index (χ2v) is 7.42. The van der Waals surface area contributed by atoms with E-state index in [-0.39, 0.29) is 17.3 Å². The Hall–Kier alpha value is -2.28. The van der Waals surface area contributed by atoms with Gasteiger partial charge >= 0.3 is 5.97 Å². The maximum absolute atomic E-state index is 12.3. The Balaban J connectivity index is 1.54. The van der Waals surface area contributed by atoms with Crippen LogP contribution in [0.3, 0.4) is 0 Å². The number of carbonyl (C=O) groups excluding carboxylic acids is 2. The van der Waals surface area contributed by atoms with Crippen molar-refractivity contribution in [2.24, 2.45) is 0 Å². The van der Waals surface area contributed by atoms with Gasteiger partial charge in [0.25, 0.3) is 0 Å². The summed E-state index contributed by atoms with van der Waals surface area (Å²) in [6, 6.07) is 11.7. The number of amides is 1. The van der Waals surface area contributed by atoms with E-state index in [1.54, 1.807) is 11.8 Å². The number of benzene rings is 1. The molecule has 27 heavy (non-hydrogen) atoms. The fourth-order valence-corrected chi connectivity index (χ4v) is 4.20. The van der Waals surface area contributed by atoms with Gasteiger partial charge in [-0.25, -0.2) is 0 Å². The van der Waals surface area contributed by atoms with Crippen molar-refractivity contribution in [2.45, 2.75) is 38.0 Å². The van der Waals surface area contributed by atoms with Crippen LogP contribution in [0.2, 0.25) is 0 Å². The van der Waals surface area contributed by atoms with Gasteiger partial charge in [0.15, 0.2) is 5.76 Å². The van der Waals surface area contributed by atoms with Crippen molar-refractivity contribution in [3.05, 3.63) is 42.1 Å². The average molecular weight is 388 g/mol. The molecule has 2 aromatic rings. The molecule has 1 unspecified atom stereocenters. The van der Waals surface area contributed by atoms with Crippen molar-refractivity contribution in [1.29, 1.82) is 0 Å². The molecule has 7 heteroatoms. The fraction of sp³-hybridized carbons (Fsp3) is 0.450. The van der Waals surface area contributed by atoms with Crippen molar-refractivity contribution in [3.8, 4) is 11.3 Å². The summed E-state index contributed by atoms with van der Waals surface area (Å²) in [5.74, 6) is 1.14. The van der Waals surface area contributed by atoms with E-state index in [4.69, 9.17) is 9.26 Å². The van der Waals surface area contributed by atoms with Crippen LogP contribution in [0.4, 0.5) is 0 Å². The molecule has 1 aromatic heterocycles. The molecule has 0 saturated carbocycles. The van der Waals surface area contributed by atoms with Gasteiger partial charge in [-0.3, -0.25) is 9.59 Å². The number of aromatic nitrogens is 1. The van der Waals surface area contributed by atoms with E-state index in [1.165, 1.54) is 0 Å². The van der Waals surface area contributed by atoms with Crippen molar-refractivity contribution >= 4 is 23.6 Å². The Bertz CT molecular complexity index is 762. The summed E-state index contributed by atoms with van der Waals surface area (Å²) < 4.78 is 10.4. The van der Waals surface area contributed by atoms with Gasteiger partial charge in [0.05, 0.1) is 12.4 Å². The molecule has 3 rings (SSSR count). The molecule has 1 aromatic carbocycles. The monoisotopic (exact) mass is 388 g/mol. The summed E-state index contributed by atoms with van der Waals surface area (Å²) in [4.78, 5) is 25.5. The number of hydrogen-bond acceptors (Lipinski definition) is 6. The van der Waals surface area contributed by atoms with Gasteiger partial charge in [-0.15, -0.1) is 11.8 Å². The van der Waals surface area contributed by atoms with Crippen LogP contribution in [0, 0.1) is 0 Å². The summed E-state index contributed by atoms with van der Waals surface area (Å²) in [5.41, 5.74) is 1.74. The molecule has 6 nitrogen and oxygen atoms in total. The minimum Gasteiger partial charge on any atom is -0.466 e. The van der Waals surface area contributed by atoms with Crippen LogP contribution in [0.1, 0.15) is 43.7 Å². The highest BCUT2D eigenvalue weighted by Gasteiger charge is 2.34. The molecular formula is C20H24N2O4S. The van der Waals surface area contributed by atoms with Crippen LogP contribution < -0.4 is 0 Å². The lowest BCUT2D eigenvalue weighted by atomic mass is 10.1. The molecule has 1 atom stereocenters. The zero-order valence-electron chi connectivity index (χ0n) is 15.4. The Morgan fingerprint density at radius 2 is 2.11 bits per heavy atom. The van der Waals surface area contributed by atoms with Gasteiger partial charge in [-0.05, 0) is 19.8 Å². The average Bonchev–Trinajstić information content (AvgIpc) is 3.30. The number of esters is 1. The number of carbonyl (C=O) groups is 2. The van der Waals surface area contributed by atoms with Crippen molar-refractivity contribution in [1.82, 2.24) is 10.1 Å². The molecule has 0 radical (unpaired) electrons. The van der Waals surface area contributed by atoms with E-state index in [0.29, 0.717) is 31.1 Å². The number of ether oxygens (including phenoxy) is 1. The third kappa shape index (κ3) is 5.13. The van der Waals surface area contributed by atoms with Crippen LogP contribution in [-0.2, 0) is 14.3 Å². The van der Waals surface area contributed by atoms with Gasteiger partial charge in [0, 0.05) is 24.6 Å². The zero-order valence-corrected chi connectivity index (χ0v) is 16.2. The van der Waals surface area contributed by atoms with Gasteiger partial charge < -0.3 is 14.2 Å². The maximum atomic E-state index is 12.3. The summed E-state index contributed by atoms with van der Waals surface area (Å²) in [6.07, 6.45) is 2.95. The van der Waals surface area contributed by atoms with E-state index in [2.05, 4.69) is 5.16 Å². The first-order valence-corrected chi connectivity index (χ1v) is 10.3. The van der Waals surface area contributed by atoms with Gasteiger partial charge in [-0.1, -0.05) is 41.9 Å². The Labute approximate surface area is 163 Å². The van der Waals surface area contributed by atoms with E-state index in [9.17, 15) is 9.59 Å². The summed E-state index contributed by atoms with van der Waals surface area (Å²) in [6.45, 7) is 2.89. The molecule has 1 aliphatic heterocycles. The van der Waals surface area contributed by atoms with Crippen molar-refractivity contribution in [2.75, 3.05) is 18.9 Å². The predicted octanol–water partition coefficient (Wildman–Crippen LogP) is 4.04. The molecule has 1 saturated heterocycles. The third-order valence-corrected chi connectivity index (χ3v) is 5.62. The van der Waals surface area contributed by atoms with Crippen LogP contribution in [0.25, 0.3) is 11.3 Å². The van der Waals surface area contributed by atoms with Crippen LogP contribution in [-0.4, -0.2) is 40.8 Å². The molecule has 144 valence electrons. The number of rotatable bonds is 9. The number of nitrogens with zero attached hydrogens (tertiary/aromatic N) is 2. The molecular weight excluding hydrogens is 364 g/mol. The second kappa shape index (κ2) is 9.60. The largest absolute Gasteiger partial charge is 0.466 e. The van der Waals surface area contributed by atoms with E-state index in [0.717, 1.165) is 30.5 Å². The first kappa shape index (κ1) is 19.5. The second-order valence-electron chi connectivity index (χ2n) is 6.35. The Morgan fingerprint density at radius 3 is 2.89 bits per heavy atom. The minimum atomic E-state index is -0.154. The highest BCUT2D eigenvalue weighted by molar-refractivity contribution is 8.00. The fourth-order valence-electron chi connectivity index (χ4n) is 3.05. The topological polar surface area (TPSA) is 72.6 Å². The smallest absolute Gasteiger partial charge is 0.305 e. The molecule has 0 aliphatic carbocycles. The number of thioether (sulfide) groups is 1. The zero-order chi connectivity index (χ0) is 19.1. The minimum absolute atomic E-state index is 0.108. The molecule has 1 aliphatic rings. The highest BCUT2D eigenvalue weighted by Crippen LogP contribution is 2.39. The number of unbranched alkanes of at least 4 members (excludes halogenated alkanes) is 2. The molecule has 1 fully saturated rings. The van der Waals surface area contributed by atoms with E-state index < -0.39 is 0 Å². The lowest BCUT2D eigenvalue weighted by molar-refractivity contribution is -0.143.